The van der Waals surface area contributed by atoms with Crippen molar-refractivity contribution in [2.45, 2.75) is 38.7 Å². The van der Waals surface area contributed by atoms with E-state index >= 15 is 0 Å². The van der Waals surface area contributed by atoms with Crippen molar-refractivity contribution in [1.82, 2.24) is 9.21 Å². The van der Waals surface area contributed by atoms with E-state index in [1.165, 1.54) is 42.4 Å². The molecule has 1 fully saturated rings. The van der Waals surface area contributed by atoms with Crippen molar-refractivity contribution < 1.29 is 27.5 Å². The number of Topliss-reactive ketones (excluding diaryl/α,β-unsaturated/α-hetero) is 1. The number of esters is 1. The summed E-state index contributed by atoms with van der Waals surface area (Å²) in [7, 11) is -3.84. The minimum Gasteiger partial charge on any atom is -0.451 e. The van der Waals surface area contributed by atoms with Gasteiger partial charge in [-0.15, -0.1) is 0 Å². The Morgan fingerprint density at radius 1 is 0.909 bits per heavy atom. The average Bonchev–Trinajstić information content (AvgIpc) is 2.80. The van der Waals surface area contributed by atoms with Crippen molar-refractivity contribution in [3.63, 3.8) is 0 Å². The molecule has 0 radical (unpaired) electrons. The van der Waals surface area contributed by atoms with Gasteiger partial charge in [0.1, 0.15) is 0 Å². The number of ether oxygens (including phenoxy) is 1. The van der Waals surface area contributed by atoms with Crippen LogP contribution in [0.4, 0.5) is 0 Å². The van der Waals surface area contributed by atoms with E-state index in [1.54, 1.807) is 17.0 Å². The van der Waals surface area contributed by atoms with Crippen molar-refractivity contribution in [2.75, 3.05) is 26.2 Å². The molecule has 1 unspecified atom stereocenters. The SMILES string of the molecule is CC(=O)N1CCN(S(=O)(=O)c2cccc(C(=O)OC(C)C(=O)c3ccc(C)c(C)c3)c2)CC1. The molecular formula is C24H28N2O6S. The van der Waals surface area contributed by atoms with E-state index in [9.17, 15) is 22.8 Å². The molecule has 0 N–H and O–H groups in total. The van der Waals surface area contributed by atoms with Crippen LogP contribution < -0.4 is 0 Å². The topological polar surface area (TPSA) is 101 Å². The molecule has 1 heterocycles. The molecule has 9 heteroatoms. The minimum atomic E-state index is -3.84. The van der Waals surface area contributed by atoms with E-state index in [2.05, 4.69) is 0 Å². The van der Waals surface area contributed by atoms with Crippen LogP contribution in [-0.2, 0) is 19.6 Å². The molecule has 8 nitrogen and oxygen atoms in total. The molecular weight excluding hydrogens is 444 g/mol. The number of nitrogens with zero attached hydrogens (tertiary/aromatic N) is 2. The van der Waals surface area contributed by atoms with Gasteiger partial charge in [-0.2, -0.15) is 4.31 Å². The van der Waals surface area contributed by atoms with Crippen molar-refractivity contribution in [3.05, 3.63) is 64.7 Å². The van der Waals surface area contributed by atoms with Crippen LogP contribution in [0.15, 0.2) is 47.4 Å². The molecule has 1 amide bonds. The number of hydrogen-bond acceptors (Lipinski definition) is 6. The maximum atomic E-state index is 13.0. The third-order valence-electron chi connectivity index (χ3n) is 5.84. The summed E-state index contributed by atoms with van der Waals surface area (Å²) in [6.45, 7) is 7.76. The lowest BCUT2D eigenvalue weighted by Gasteiger charge is -2.33. The van der Waals surface area contributed by atoms with Crippen molar-refractivity contribution in [1.29, 1.82) is 0 Å². The highest BCUT2D eigenvalue weighted by molar-refractivity contribution is 7.89. The Kier molecular flexibility index (Phi) is 7.34. The summed E-state index contributed by atoms with van der Waals surface area (Å²) in [6, 6.07) is 10.8. The standard InChI is InChI=1S/C24H28N2O6S/c1-16-8-9-20(14-17(16)2)23(28)18(3)32-24(29)21-6-5-7-22(15-21)33(30,31)26-12-10-25(11-13-26)19(4)27/h5-9,14-15,18H,10-13H2,1-4H3. The van der Waals surface area contributed by atoms with E-state index in [4.69, 9.17) is 4.74 Å². The second-order valence-corrected chi connectivity index (χ2v) is 10.1. The fourth-order valence-electron chi connectivity index (χ4n) is 3.59. The van der Waals surface area contributed by atoms with Crippen LogP contribution in [0.2, 0.25) is 0 Å². The molecule has 1 aliphatic heterocycles. The number of sulfonamides is 1. The van der Waals surface area contributed by atoms with Gasteiger partial charge < -0.3 is 9.64 Å². The maximum Gasteiger partial charge on any atom is 0.338 e. The summed E-state index contributed by atoms with van der Waals surface area (Å²) in [6.07, 6.45) is -1.03. The molecule has 0 spiro atoms. The molecule has 0 bridgehead atoms. The number of hydrogen-bond donors (Lipinski definition) is 0. The lowest BCUT2D eigenvalue weighted by atomic mass is 10.0. The molecule has 0 aromatic heterocycles. The summed E-state index contributed by atoms with van der Waals surface area (Å²) in [5.74, 6) is -1.21. The monoisotopic (exact) mass is 472 g/mol. The first kappa shape index (κ1) is 24.6. The van der Waals surface area contributed by atoms with Gasteiger partial charge in [-0.1, -0.05) is 18.2 Å². The van der Waals surface area contributed by atoms with Crippen LogP contribution in [0.5, 0.6) is 0 Å². The van der Waals surface area contributed by atoms with Gasteiger partial charge in [0.05, 0.1) is 10.5 Å². The highest BCUT2D eigenvalue weighted by atomic mass is 32.2. The molecule has 1 aliphatic rings. The molecule has 3 rings (SSSR count). The van der Waals surface area contributed by atoms with Crippen molar-refractivity contribution in [3.8, 4) is 0 Å². The van der Waals surface area contributed by atoms with Crippen molar-refractivity contribution in [2.24, 2.45) is 0 Å². The number of amides is 1. The molecule has 0 aliphatic carbocycles. The number of rotatable bonds is 6. The zero-order valence-corrected chi connectivity index (χ0v) is 20.0. The van der Waals surface area contributed by atoms with Gasteiger partial charge in [-0.05, 0) is 56.2 Å². The lowest BCUT2D eigenvalue weighted by molar-refractivity contribution is -0.129. The first-order valence-electron chi connectivity index (χ1n) is 10.7. The number of piperazine rings is 1. The molecule has 176 valence electrons. The fraction of sp³-hybridized carbons (Fsp3) is 0.375. The Hall–Kier alpha value is -3.04. The first-order chi connectivity index (χ1) is 15.5. The highest BCUT2D eigenvalue weighted by Crippen LogP contribution is 2.20. The summed E-state index contributed by atoms with van der Waals surface area (Å²) in [5, 5.41) is 0. The predicted molar refractivity (Wildman–Crippen MR) is 123 cm³/mol. The molecule has 33 heavy (non-hydrogen) atoms. The Morgan fingerprint density at radius 2 is 1.58 bits per heavy atom. The predicted octanol–water partition coefficient (Wildman–Crippen LogP) is 2.58. The van der Waals surface area contributed by atoms with Crippen LogP contribution >= 0.6 is 0 Å². The van der Waals surface area contributed by atoms with E-state index in [1.807, 2.05) is 19.9 Å². The van der Waals surface area contributed by atoms with Crippen LogP contribution in [0.1, 0.15) is 45.7 Å². The average molecular weight is 473 g/mol. The summed E-state index contributed by atoms with van der Waals surface area (Å²) >= 11 is 0. The van der Waals surface area contributed by atoms with E-state index in [0.717, 1.165) is 11.1 Å². The highest BCUT2D eigenvalue weighted by Gasteiger charge is 2.30. The smallest absolute Gasteiger partial charge is 0.338 e. The third-order valence-corrected chi connectivity index (χ3v) is 7.73. The number of carbonyl (C=O) groups is 3. The first-order valence-corrected chi connectivity index (χ1v) is 12.1. The number of ketones is 1. The molecule has 2 aromatic rings. The number of benzene rings is 2. The van der Waals surface area contributed by atoms with Gasteiger partial charge in [0.15, 0.2) is 6.10 Å². The zero-order chi connectivity index (χ0) is 24.3. The second-order valence-electron chi connectivity index (χ2n) is 8.15. The van der Waals surface area contributed by atoms with Crippen LogP contribution in [0, 0.1) is 13.8 Å². The molecule has 1 saturated heterocycles. The quantitative estimate of drug-likeness (QED) is 0.473. The maximum absolute atomic E-state index is 13.0. The normalized spacial score (nSPS) is 15.7. The van der Waals surface area contributed by atoms with Gasteiger partial charge in [-0.25, -0.2) is 13.2 Å². The second kappa shape index (κ2) is 9.84. The molecule has 0 saturated carbocycles. The van der Waals surface area contributed by atoms with Crippen LogP contribution in [0.25, 0.3) is 0 Å². The Balaban J connectivity index is 1.72. The number of aryl methyl sites for hydroxylation is 2. The fourth-order valence-corrected chi connectivity index (χ4v) is 5.06. The molecule has 2 aromatic carbocycles. The largest absolute Gasteiger partial charge is 0.451 e. The number of carbonyl (C=O) groups excluding carboxylic acids is 3. The van der Waals surface area contributed by atoms with Gasteiger partial charge in [0.2, 0.25) is 21.7 Å². The Bertz CT molecular complexity index is 1180. The lowest BCUT2D eigenvalue weighted by Crippen LogP contribution is -2.49. The Morgan fingerprint density at radius 3 is 2.18 bits per heavy atom. The van der Waals surface area contributed by atoms with Gasteiger partial charge >= 0.3 is 5.97 Å². The van der Waals surface area contributed by atoms with Gasteiger partial charge in [0, 0.05) is 38.7 Å². The van der Waals surface area contributed by atoms with E-state index in [-0.39, 0.29) is 35.2 Å². The third kappa shape index (κ3) is 5.48. The van der Waals surface area contributed by atoms with Gasteiger partial charge in [-0.3, -0.25) is 9.59 Å². The van der Waals surface area contributed by atoms with Crippen molar-refractivity contribution >= 4 is 27.7 Å². The summed E-state index contributed by atoms with van der Waals surface area (Å²) in [4.78, 5) is 38.4. The molecule has 1 atom stereocenters. The van der Waals surface area contributed by atoms with Crippen LogP contribution in [0.3, 0.4) is 0 Å². The van der Waals surface area contributed by atoms with E-state index < -0.39 is 22.1 Å². The van der Waals surface area contributed by atoms with E-state index in [0.29, 0.717) is 18.7 Å². The van der Waals surface area contributed by atoms with Gasteiger partial charge in [0.25, 0.3) is 0 Å². The Labute approximate surface area is 194 Å². The van der Waals surface area contributed by atoms with Crippen LogP contribution in [-0.4, -0.2) is 67.6 Å². The zero-order valence-electron chi connectivity index (χ0n) is 19.2. The summed E-state index contributed by atoms with van der Waals surface area (Å²) in [5.41, 5.74) is 2.50. The summed E-state index contributed by atoms with van der Waals surface area (Å²) < 4.78 is 32.7. The minimum absolute atomic E-state index is 0.0400.